The van der Waals surface area contributed by atoms with Crippen molar-refractivity contribution in [3.05, 3.63) is 18.1 Å². The van der Waals surface area contributed by atoms with E-state index in [-0.39, 0.29) is 12.8 Å². The lowest BCUT2D eigenvalue weighted by Gasteiger charge is -2.33. The summed E-state index contributed by atoms with van der Waals surface area (Å²) in [6.07, 6.45) is -0.637. The van der Waals surface area contributed by atoms with Crippen LogP contribution < -0.4 is 4.90 Å². The van der Waals surface area contributed by atoms with Gasteiger partial charge in [-0.05, 0) is 19.8 Å². The van der Waals surface area contributed by atoms with E-state index in [0.717, 1.165) is 5.69 Å². The first-order valence-electron chi connectivity index (χ1n) is 5.58. The van der Waals surface area contributed by atoms with Gasteiger partial charge in [-0.3, -0.25) is 4.98 Å². The lowest BCUT2D eigenvalue weighted by Crippen LogP contribution is -2.39. The van der Waals surface area contributed by atoms with E-state index >= 15 is 0 Å². The zero-order valence-electron chi connectivity index (χ0n) is 9.54. The molecule has 0 spiro atoms. The van der Waals surface area contributed by atoms with Gasteiger partial charge in [-0.25, -0.2) is 4.98 Å². The molecule has 0 N–H and O–H groups in total. The number of anilines is 1. The molecule has 1 aromatic rings. The second kappa shape index (κ2) is 4.50. The topological polar surface area (TPSA) is 29.0 Å². The zero-order valence-corrected chi connectivity index (χ0v) is 9.54. The summed E-state index contributed by atoms with van der Waals surface area (Å²) in [7, 11) is 0. The Morgan fingerprint density at radius 2 is 1.76 bits per heavy atom. The maximum Gasteiger partial charge on any atom is 0.391 e. The van der Waals surface area contributed by atoms with Crippen LogP contribution in [0.5, 0.6) is 0 Å². The minimum absolute atomic E-state index is 0.138. The number of aromatic nitrogens is 2. The van der Waals surface area contributed by atoms with E-state index in [1.54, 1.807) is 12.4 Å². The molecule has 0 unspecified atom stereocenters. The van der Waals surface area contributed by atoms with Crippen LogP contribution in [0, 0.1) is 12.8 Å². The fourth-order valence-electron chi connectivity index (χ4n) is 2.13. The molecule has 0 aromatic carbocycles. The second-order valence-corrected chi connectivity index (χ2v) is 4.27. The van der Waals surface area contributed by atoms with E-state index in [0.29, 0.717) is 18.9 Å². The van der Waals surface area contributed by atoms with Crippen LogP contribution in [0.3, 0.4) is 0 Å². The van der Waals surface area contributed by atoms with Gasteiger partial charge in [0.2, 0.25) is 0 Å². The average Bonchev–Trinajstić information content (AvgIpc) is 2.29. The Bertz CT molecular complexity index is 384. The molecule has 1 fully saturated rings. The summed E-state index contributed by atoms with van der Waals surface area (Å²) >= 11 is 0. The van der Waals surface area contributed by atoms with Crippen LogP contribution in [0.15, 0.2) is 12.4 Å². The van der Waals surface area contributed by atoms with Gasteiger partial charge in [-0.2, -0.15) is 13.2 Å². The molecule has 1 aliphatic rings. The quantitative estimate of drug-likeness (QED) is 0.761. The van der Waals surface area contributed by atoms with Crippen molar-refractivity contribution in [1.82, 2.24) is 9.97 Å². The lowest BCUT2D eigenvalue weighted by molar-refractivity contribution is -0.179. The smallest absolute Gasteiger partial charge is 0.355 e. The van der Waals surface area contributed by atoms with Crippen molar-refractivity contribution in [3.8, 4) is 0 Å². The number of rotatable bonds is 1. The van der Waals surface area contributed by atoms with Crippen LogP contribution in [0.2, 0.25) is 0 Å². The van der Waals surface area contributed by atoms with Crippen LogP contribution in [-0.2, 0) is 0 Å². The molecule has 3 nitrogen and oxygen atoms in total. The van der Waals surface area contributed by atoms with Gasteiger partial charge in [0.1, 0.15) is 5.82 Å². The molecule has 0 aliphatic carbocycles. The first-order valence-corrected chi connectivity index (χ1v) is 5.58. The maximum atomic E-state index is 12.5. The minimum atomic E-state index is -4.07. The van der Waals surface area contributed by atoms with Gasteiger partial charge in [0.25, 0.3) is 0 Å². The normalized spacial score (nSPS) is 18.5. The molecule has 1 aliphatic heterocycles. The highest BCUT2D eigenvalue weighted by Crippen LogP contribution is 2.35. The maximum absolute atomic E-state index is 12.5. The number of alkyl halides is 3. The van der Waals surface area contributed by atoms with E-state index in [1.165, 1.54) is 0 Å². The third-order valence-electron chi connectivity index (χ3n) is 3.11. The zero-order chi connectivity index (χ0) is 12.5. The monoisotopic (exact) mass is 245 g/mol. The largest absolute Gasteiger partial charge is 0.391 e. The molecule has 0 radical (unpaired) electrons. The molecule has 0 bridgehead atoms. The number of piperidine rings is 1. The predicted molar refractivity (Wildman–Crippen MR) is 57.8 cm³/mol. The third-order valence-corrected chi connectivity index (χ3v) is 3.11. The number of hydrogen-bond donors (Lipinski definition) is 0. The minimum Gasteiger partial charge on any atom is -0.355 e. The molecule has 0 amide bonds. The summed E-state index contributed by atoms with van der Waals surface area (Å²) in [6.45, 7) is 2.60. The molecule has 2 rings (SSSR count). The molecular weight excluding hydrogens is 231 g/mol. The third kappa shape index (κ3) is 2.68. The SMILES string of the molecule is Cc1nccnc1N1CCC(C(F)(F)F)CC1. The number of aryl methyl sites for hydroxylation is 1. The van der Waals surface area contributed by atoms with Crippen molar-refractivity contribution in [3.63, 3.8) is 0 Å². The first-order chi connectivity index (χ1) is 7.98. The standard InChI is InChI=1S/C11H14F3N3/c1-8-10(16-5-4-15-8)17-6-2-9(3-7-17)11(12,13)14/h4-5,9H,2-3,6-7H2,1H3. The van der Waals surface area contributed by atoms with Crippen molar-refractivity contribution in [1.29, 1.82) is 0 Å². The van der Waals surface area contributed by atoms with Crippen molar-refractivity contribution >= 4 is 5.82 Å². The van der Waals surface area contributed by atoms with Crippen molar-refractivity contribution in [2.75, 3.05) is 18.0 Å². The van der Waals surface area contributed by atoms with Crippen LogP contribution in [0.25, 0.3) is 0 Å². The molecule has 94 valence electrons. The van der Waals surface area contributed by atoms with E-state index in [9.17, 15) is 13.2 Å². The highest BCUT2D eigenvalue weighted by atomic mass is 19.4. The Morgan fingerprint density at radius 3 is 2.29 bits per heavy atom. The van der Waals surface area contributed by atoms with Crippen molar-refractivity contribution in [2.45, 2.75) is 25.9 Å². The Hall–Kier alpha value is -1.33. The fraction of sp³-hybridized carbons (Fsp3) is 0.636. The molecule has 2 heterocycles. The number of hydrogen-bond acceptors (Lipinski definition) is 3. The van der Waals surface area contributed by atoms with Gasteiger partial charge in [-0.15, -0.1) is 0 Å². The summed E-state index contributed by atoms with van der Waals surface area (Å²) in [5, 5.41) is 0. The molecular formula is C11H14F3N3. The summed E-state index contributed by atoms with van der Waals surface area (Å²) in [4.78, 5) is 10.1. The van der Waals surface area contributed by atoms with Crippen molar-refractivity contribution in [2.24, 2.45) is 5.92 Å². The number of halogens is 3. The fourth-order valence-corrected chi connectivity index (χ4v) is 2.13. The Morgan fingerprint density at radius 1 is 1.18 bits per heavy atom. The van der Waals surface area contributed by atoms with Crippen molar-refractivity contribution < 1.29 is 13.2 Å². The second-order valence-electron chi connectivity index (χ2n) is 4.27. The summed E-state index contributed by atoms with van der Waals surface area (Å²) in [5.41, 5.74) is 0.762. The molecule has 1 aromatic heterocycles. The van der Waals surface area contributed by atoms with E-state index in [1.807, 2.05) is 11.8 Å². The molecule has 17 heavy (non-hydrogen) atoms. The van der Waals surface area contributed by atoms with Crippen LogP contribution in [0.1, 0.15) is 18.5 Å². The molecule has 0 atom stereocenters. The predicted octanol–water partition coefficient (Wildman–Crippen LogP) is 2.56. The Labute approximate surface area is 97.7 Å². The Kier molecular flexibility index (Phi) is 3.22. The number of nitrogens with zero attached hydrogens (tertiary/aromatic N) is 3. The van der Waals surface area contributed by atoms with Gasteiger partial charge < -0.3 is 4.90 Å². The molecule has 6 heteroatoms. The van der Waals surface area contributed by atoms with E-state index in [2.05, 4.69) is 9.97 Å². The highest BCUT2D eigenvalue weighted by Gasteiger charge is 2.41. The summed E-state index contributed by atoms with van der Waals surface area (Å²) < 4.78 is 37.5. The van der Waals surface area contributed by atoms with Crippen LogP contribution >= 0.6 is 0 Å². The highest BCUT2D eigenvalue weighted by molar-refractivity contribution is 5.42. The van der Waals surface area contributed by atoms with Gasteiger partial charge in [0.15, 0.2) is 0 Å². The van der Waals surface area contributed by atoms with E-state index in [4.69, 9.17) is 0 Å². The van der Waals surface area contributed by atoms with Gasteiger partial charge in [0.05, 0.1) is 11.6 Å². The van der Waals surface area contributed by atoms with E-state index < -0.39 is 12.1 Å². The Balaban J connectivity index is 2.03. The van der Waals surface area contributed by atoms with Crippen LogP contribution in [0.4, 0.5) is 19.0 Å². The average molecular weight is 245 g/mol. The molecule has 1 saturated heterocycles. The summed E-state index contributed by atoms with van der Waals surface area (Å²) in [5.74, 6) is -0.469. The van der Waals surface area contributed by atoms with Gasteiger partial charge in [0, 0.05) is 25.5 Å². The lowest BCUT2D eigenvalue weighted by atomic mass is 9.96. The molecule has 0 saturated carbocycles. The van der Waals surface area contributed by atoms with Gasteiger partial charge in [-0.1, -0.05) is 0 Å². The van der Waals surface area contributed by atoms with Crippen LogP contribution in [-0.4, -0.2) is 29.2 Å². The first kappa shape index (κ1) is 12.1. The van der Waals surface area contributed by atoms with Gasteiger partial charge >= 0.3 is 6.18 Å². The summed E-state index contributed by atoms with van der Waals surface area (Å²) in [6, 6.07) is 0.